The van der Waals surface area contributed by atoms with Crippen LogP contribution in [-0.4, -0.2) is 19.2 Å². The predicted octanol–water partition coefficient (Wildman–Crippen LogP) is 2.86. The minimum atomic E-state index is -0.210. The van der Waals surface area contributed by atoms with Gasteiger partial charge in [-0.2, -0.15) is 0 Å². The molecule has 2 rings (SSSR count). The van der Waals surface area contributed by atoms with Gasteiger partial charge in [-0.25, -0.2) is 4.39 Å². The summed E-state index contributed by atoms with van der Waals surface area (Å²) in [6.07, 6.45) is 2.41. The molecule has 1 heterocycles. The van der Waals surface area contributed by atoms with E-state index in [1.54, 1.807) is 6.07 Å². The Kier molecular flexibility index (Phi) is 4.32. The molecule has 16 heavy (non-hydrogen) atoms. The van der Waals surface area contributed by atoms with Gasteiger partial charge >= 0.3 is 0 Å². The second kappa shape index (κ2) is 5.75. The number of halogens is 2. The topological polar surface area (TPSA) is 21.3 Å². The maximum Gasteiger partial charge on any atom is 0.129 e. The van der Waals surface area contributed by atoms with E-state index in [0.717, 1.165) is 30.4 Å². The summed E-state index contributed by atoms with van der Waals surface area (Å²) in [6, 6.07) is 5.06. The highest BCUT2D eigenvalue weighted by molar-refractivity contribution is 9.10. The Labute approximate surface area is 103 Å². The number of rotatable bonds is 3. The number of nitrogens with one attached hydrogen (secondary N) is 1. The van der Waals surface area contributed by atoms with Gasteiger partial charge in [0.15, 0.2) is 0 Å². The van der Waals surface area contributed by atoms with Gasteiger partial charge in [0.2, 0.25) is 0 Å². The second-order valence-electron chi connectivity index (χ2n) is 4.02. The van der Waals surface area contributed by atoms with E-state index >= 15 is 0 Å². The van der Waals surface area contributed by atoms with Crippen molar-refractivity contribution in [2.24, 2.45) is 0 Å². The summed E-state index contributed by atoms with van der Waals surface area (Å²) in [5.41, 5.74) is 0.619. The molecule has 1 fully saturated rings. The lowest BCUT2D eigenvalue weighted by Gasteiger charge is -2.23. The summed E-state index contributed by atoms with van der Waals surface area (Å²) in [4.78, 5) is 0. The first-order valence-corrected chi connectivity index (χ1v) is 6.31. The van der Waals surface area contributed by atoms with E-state index in [1.807, 2.05) is 6.07 Å². The van der Waals surface area contributed by atoms with Crippen LogP contribution in [0.5, 0.6) is 0 Å². The van der Waals surface area contributed by atoms with Crippen molar-refractivity contribution in [3.05, 3.63) is 34.1 Å². The molecule has 0 bridgehead atoms. The molecule has 2 nitrogen and oxygen atoms in total. The predicted molar refractivity (Wildman–Crippen MR) is 64.8 cm³/mol. The van der Waals surface area contributed by atoms with Crippen LogP contribution in [0, 0.1) is 5.82 Å². The van der Waals surface area contributed by atoms with Crippen molar-refractivity contribution in [2.75, 3.05) is 13.1 Å². The average Bonchev–Trinajstić information content (AvgIpc) is 2.29. The van der Waals surface area contributed by atoms with Crippen LogP contribution < -0.4 is 5.32 Å². The first-order valence-electron chi connectivity index (χ1n) is 5.52. The number of hydrogen-bond donors (Lipinski definition) is 1. The molecule has 0 aliphatic carbocycles. The van der Waals surface area contributed by atoms with Crippen molar-refractivity contribution in [2.45, 2.75) is 25.6 Å². The first kappa shape index (κ1) is 12.0. The summed E-state index contributed by atoms with van der Waals surface area (Å²) >= 11 is 3.23. The van der Waals surface area contributed by atoms with Crippen molar-refractivity contribution < 1.29 is 9.13 Å². The van der Waals surface area contributed by atoms with Crippen LogP contribution in [0.3, 0.4) is 0 Å². The van der Waals surface area contributed by atoms with Crippen molar-refractivity contribution in [1.82, 2.24) is 5.32 Å². The van der Waals surface area contributed by atoms with Crippen molar-refractivity contribution in [1.29, 1.82) is 0 Å². The zero-order valence-corrected chi connectivity index (χ0v) is 10.6. The third kappa shape index (κ3) is 3.27. The average molecular weight is 288 g/mol. The second-order valence-corrected chi connectivity index (χ2v) is 4.93. The van der Waals surface area contributed by atoms with Crippen LogP contribution >= 0.6 is 15.9 Å². The molecule has 1 N–H and O–H groups in total. The van der Waals surface area contributed by atoms with E-state index in [2.05, 4.69) is 21.2 Å². The van der Waals surface area contributed by atoms with Gasteiger partial charge in [0.1, 0.15) is 5.82 Å². The first-order chi connectivity index (χ1) is 7.75. The Morgan fingerprint density at radius 3 is 3.06 bits per heavy atom. The van der Waals surface area contributed by atoms with Crippen LogP contribution in [0.25, 0.3) is 0 Å². The molecule has 0 spiro atoms. The molecule has 0 saturated carbocycles. The van der Waals surface area contributed by atoms with Gasteiger partial charge in [-0.05, 0) is 31.5 Å². The van der Waals surface area contributed by atoms with Crippen molar-refractivity contribution >= 4 is 15.9 Å². The summed E-state index contributed by atoms with van der Waals surface area (Å²) in [6.45, 7) is 2.29. The van der Waals surface area contributed by atoms with Gasteiger partial charge in [-0.15, -0.1) is 0 Å². The molecule has 1 aliphatic heterocycles. The molecule has 1 aromatic rings. The van der Waals surface area contributed by atoms with Crippen molar-refractivity contribution in [3.63, 3.8) is 0 Å². The van der Waals surface area contributed by atoms with Crippen LogP contribution in [0.1, 0.15) is 18.4 Å². The van der Waals surface area contributed by atoms with Crippen LogP contribution in [-0.2, 0) is 11.3 Å². The lowest BCUT2D eigenvalue weighted by molar-refractivity contribution is 0.0239. The fourth-order valence-corrected chi connectivity index (χ4v) is 2.14. The Hall–Kier alpha value is -0.450. The standard InChI is InChI=1S/C12H15BrFNO/c13-10-4-3-9(12(14)6-10)8-16-11-2-1-5-15-7-11/h3-4,6,11,15H,1-2,5,7-8H2/t11-/m0/s1. The quantitative estimate of drug-likeness (QED) is 0.923. The smallest absolute Gasteiger partial charge is 0.129 e. The van der Waals surface area contributed by atoms with Crippen LogP contribution in [0.15, 0.2) is 22.7 Å². The lowest BCUT2D eigenvalue weighted by atomic mass is 10.1. The molecular weight excluding hydrogens is 273 g/mol. The highest BCUT2D eigenvalue weighted by atomic mass is 79.9. The van der Waals surface area contributed by atoms with E-state index in [4.69, 9.17) is 4.74 Å². The lowest BCUT2D eigenvalue weighted by Crippen LogP contribution is -2.35. The van der Waals surface area contributed by atoms with Gasteiger partial charge in [0.25, 0.3) is 0 Å². The zero-order valence-electron chi connectivity index (χ0n) is 9.01. The fourth-order valence-electron chi connectivity index (χ4n) is 1.81. The monoisotopic (exact) mass is 287 g/mol. The van der Waals surface area contributed by atoms with Crippen LogP contribution in [0.4, 0.5) is 4.39 Å². The van der Waals surface area contributed by atoms with Gasteiger partial charge in [0, 0.05) is 16.6 Å². The van der Waals surface area contributed by atoms with E-state index in [-0.39, 0.29) is 11.9 Å². The Bertz CT molecular complexity index is 353. The Balaban J connectivity index is 1.88. The van der Waals surface area contributed by atoms with Gasteiger partial charge < -0.3 is 10.1 Å². The molecule has 1 aromatic carbocycles. The highest BCUT2D eigenvalue weighted by Crippen LogP contribution is 2.17. The SMILES string of the molecule is Fc1cc(Br)ccc1CO[C@H]1CCCNC1. The van der Waals surface area contributed by atoms with Gasteiger partial charge in [-0.3, -0.25) is 0 Å². The summed E-state index contributed by atoms with van der Waals surface area (Å²) in [7, 11) is 0. The molecule has 0 amide bonds. The molecule has 4 heteroatoms. The minimum absolute atomic E-state index is 0.210. The number of ether oxygens (including phenoxy) is 1. The third-order valence-corrected chi connectivity index (χ3v) is 3.23. The summed E-state index contributed by atoms with van der Waals surface area (Å²) in [5.74, 6) is -0.210. The van der Waals surface area contributed by atoms with Gasteiger partial charge in [0.05, 0.1) is 12.7 Å². The number of piperidine rings is 1. The molecule has 1 saturated heterocycles. The van der Waals surface area contributed by atoms with E-state index in [0.29, 0.717) is 12.2 Å². The molecule has 1 atom stereocenters. The normalized spacial score (nSPS) is 21.0. The molecule has 0 radical (unpaired) electrons. The fraction of sp³-hybridized carbons (Fsp3) is 0.500. The van der Waals surface area contributed by atoms with Gasteiger partial charge in [-0.1, -0.05) is 22.0 Å². The summed E-state index contributed by atoms with van der Waals surface area (Å²) in [5, 5.41) is 3.27. The molecular formula is C12H15BrFNO. The highest BCUT2D eigenvalue weighted by Gasteiger charge is 2.14. The third-order valence-electron chi connectivity index (χ3n) is 2.74. The molecule has 1 aliphatic rings. The minimum Gasteiger partial charge on any atom is -0.372 e. The molecule has 0 aromatic heterocycles. The van der Waals surface area contributed by atoms with Crippen LogP contribution in [0.2, 0.25) is 0 Å². The molecule has 88 valence electrons. The Morgan fingerprint density at radius 1 is 1.50 bits per heavy atom. The van der Waals surface area contributed by atoms with Crippen molar-refractivity contribution in [3.8, 4) is 0 Å². The van der Waals surface area contributed by atoms with E-state index in [9.17, 15) is 4.39 Å². The van der Waals surface area contributed by atoms with E-state index < -0.39 is 0 Å². The molecule has 0 unspecified atom stereocenters. The zero-order chi connectivity index (χ0) is 11.4. The number of benzene rings is 1. The number of hydrogen-bond acceptors (Lipinski definition) is 2. The van der Waals surface area contributed by atoms with E-state index in [1.165, 1.54) is 6.07 Å². The largest absolute Gasteiger partial charge is 0.372 e. The Morgan fingerprint density at radius 2 is 2.38 bits per heavy atom. The maximum absolute atomic E-state index is 13.5. The summed E-state index contributed by atoms with van der Waals surface area (Å²) < 4.78 is 19.9. The maximum atomic E-state index is 13.5.